The SMILES string of the molecule is CC(C)n1ncc2c(=O)n(C)c(Cc3ccc(OCC4CC4)cc3)nc21. The molecule has 6 heteroatoms. The van der Waals surface area contributed by atoms with Crippen LogP contribution in [0.15, 0.2) is 35.3 Å². The highest BCUT2D eigenvalue weighted by Gasteiger charge is 2.21. The summed E-state index contributed by atoms with van der Waals surface area (Å²) >= 11 is 0. The van der Waals surface area contributed by atoms with Gasteiger partial charge in [0, 0.05) is 19.5 Å². The van der Waals surface area contributed by atoms with E-state index in [4.69, 9.17) is 9.72 Å². The Bertz CT molecular complexity index is 981. The molecule has 0 atom stereocenters. The van der Waals surface area contributed by atoms with Crippen LogP contribution in [0.1, 0.15) is 44.1 Å². The Balaban J connectivity index is 1.60. The van der Waals surface area contributed by atoms with Gasteiger partial charge in [0.15, 0.2) is 5.65 Å². The first-order chi connectivity index (χ1) is 12.5. The molecule has 1 aromatic carbocycles. The minimum absolute atomic E-state index is 0.0544. The topological polar surface area (TPSA) is 61.9 Å². The van der Waals surface area contributed by atoms with Crippen LogP contribution in [0.5, 0.6) is 5.75 Å². The molecule has 3 aromatic rings. The number of hydrogen-bond acceptors (Lipinski definition) is 4. The summed E-state index contributed by atoms with van der Waals surface area (Å²) in [7, 11) is 1.77. The number of aromatic nitrogens is 4. The average Bonchev–Trinajstić information content (AvgIpc) is 3.36. The summed E-state index contributed by atoms with van der Waals surface area (Å²) in [5, 5.41) is 4.88. The third-order valence-electron chi connectivity index (χ3n) is 4.88. The van der Waals surface area contributed by atoms with E-state index in [-0.39, 0.29) is 11.6 Å². The average molecular weight is 352 g/mol. The molecule has 1 saturated carbocycles. The Morgan fingerprint density at radius 3 is 2.62 bits per heavy atom. The van der Waals surface area contributed by atoms with E-state index < -0.39 is 0 Å². The second-order valence-electron chi connectivity index (χ2n) is 7.39. The third kappa shape index (κ3) is 3.23. The Morgan fingerprint density at radius 2 is 1.96 bits per heavy atom. The molecule has 2 heterocycles. The van der Waals surface area contributed by atoms with Gasteiger partial charge >= 0.3 is 0 Å². The summed E-state index contributed by atoms with van der Waals surface area (Å²) < 4.78 is 9.20. The lowest BCUT2D eigenvalue weighted by Gasteiger charge is -2.11. The molecule has 0 radical (unpaired) electrons. The molecule has 0 saturated heterocycles. The van der Waals surface area contributed by atoms with E-state index in [1.165, 1.54) is 12.8 Å². The first kappa shape index (κ1) is 16.8. The fourth-order valence-corrected chi connectivity index (χ4v) is 3.03. The fourth-order valence-electron chi connectivity index (χ4n) is 3.03. The van der Waals surface area contributed by atoms with Crippen molar-refractivity contribution in [3.8, 4) is 5.75 Å². The molecular formula is C20H24N4O2. The summed E-state index contributed by atoms with van der Waals surface area (Å²) in [5.41, 5.74) is 1.70. The van der Waals surface area contributed by atoms with Gasteiger partial charge < -0.3 is 4.74 Å². The van der Waals surface area contributed by atoms with Gasteiger partial charge in [0.25, 0.3) is 5.56 Å². The molecule has 0 N–H and O–H groups in total. The van der Waals surface area contributed by atoms with Gasteiger partial charge in [-0.05, 0) is 50.3 Å². The smallest absolute Gasteiger partial charge is 0.264 e. The highest BCUT2D eigenvalue weighted by atomic mass is 16.5. The number of nitrogens with zero attached hydrogens (tertiary/aromatic N) is 4. The van der Waals surface area contributed by atoms with Crippen molar-refractivity contribution < 1.29 is 4.74 Å². The predicted molar refractivity (Wildman–Crippen MR) is 101 cm³/mol. The maximum Gasteiger partial charge on any atom is 0.264 e. The summed E-state index contributed by atoms with van der Waals surface area (Å²) in [6.07, 6.45) is 4.77. The fraction of sp³-hybridized carbons (Fsp3) is 0.450. The largest absolute Gasteiger partial charge is 0.493 e. The maximum absolute atomic E-state index is 12.6. The van der Waals surface area contributed by atoms with Gasteiger partial charge in [-0.15, -0.1) is 0 Å². The van der Waals surface area contributed by atoms with Crippen molar-refractivity contribution in [2.75, 3.05) is 6.61 Å². The number of ether oxygens (including phenoxy) is 1. The molecule has 1 aliphatic carbocycles. The lowest BCUT2D eigenvalue weighted by atomic mass is 10.1. The van der Waals surface area contributed by atoms with Crippen molar-refractivity contribution in [2.24, 2.45) is 13.0 Å². The van der Waals surface area contributed by atoms with Gasteiger partial charge in [-0.1, -0.05) is 12.1 Å². The molecule has 0 aliphatic heterocycles. The number of fused-ring (bicyclic) bond motifs is 1. The first-order valence-corrected chi connectivity index (χ1v) is 9.18. The van der Waals surface area contributed by atoms with Crippen LogP contribution in [0.3, 0.4) is 0 Å². The zero-order chi connectivity index (χ0) is 18.3. The number of hydrogen-bond donors (Lipinski definition) is 0. The van der Waals surface area contributed by atoms with Crippen molar-refractivity contribution in [1.82, 2.24) is 19.3 Å². The van der Waals surface area contributed by atoms with Crippen molar-refractivity contribution in [2.45, 2.75) is 39.2 Å². The Kier molecular flexibility index (Phi) is 4.26. The number of benzene rings is 1. The van der Waals surface area contributed by atoms with E-state index in [1.807, 2.05) is 38.1 Å². The molecule has 0 spiro atoms. The van der Waals surface area contributed by atoms with Gasteiger partial charge in [0.1, 0.15) is 17.0 Å². The summed E-state index contributed by atoms with van der Waals surface area (Å²) in [5.74, 6) is 2.37. The van der Waals surface area contributed by atoms with Gasteiger partial charge in [-0.2, -0.15) is 5.10 Å². The second kappa shape index (κ2) is 6.59. The standard InChI is InChI=1S/C20H24N4O2/c1-13(2)24-19-17(11-21-24)20(25)23(3)18(22-19)10-14-6-8-16(9-7-14)26-12-15-4-5-15/h6-9,11,13,15H,4-5,10,12H2,1-3H3. The Morgan fingerprint density at radius 1 is 1.23 bits per heavy atom. The molecule has 1 aliphatic rings. The molecule has 0 unspecified atom stereocenters. The van der Waals surface area contributed by atoms with Crippen LogP contribution in [0.4, 0.5) is 0 Å². The normalized spacial score (nSPS) is 14.3. The molecule has 1 fully saturated rings. The van der Waals surface area contributed by atoms with Gasteiger partial charge in [0.05, 0.1) is 12.8 Å². The van der Waals surface area contributed by atoms with Crippen molar-refractivity contribution in [1.29, 1.82) is 0 Å². The molecule has 0 bridgehead atoms. The first-order valence-electron chi connectivity index (χ1n) is 9.18. The van der Waals surface area contributed by atoms with E-state index in [9.17, 15) is 4.79 Å². The second-order valence-corrected chi connectivity index (χ2v) is 7.39. The maximum atomic E-state index is 12.6. The van der Waals surface area contributed by atoms with Gasteiger partial charge in [-0.25, -0.2) is 9.67 Å². The van der Waals surface area contributed by atoms with Crippen LogP contribution in [0.2, 0.25) is 0 Å². The van der Waals surface area contributed by atoms with Gasteiger partial charge in [-0.3, -0.25) is 9.36 Å². The minimum Gasteiger partial charge on any atom is -0.493 e. The lowest BCUT2D eigenvalue weighted by Crippen LogP contribution is -2.23. The zero-order valence-electron chi connectivity index (χ0n) is 15.5. The van der Waals surface area contributed by atoms with Gasteiger partial charge in [0.2, 0.25) is 0 Å². The molecule has 136 valence electrons. The summed E-state index contributed by atoms with van der Waals surface area (Å²) in [6.45, 7) is 4.88. The zero-order valence-corrected chi connectivity index (χ0v) is 15.5. The Hall–Kier alpha value is -2.63. The van der Waals surface area contributed by atoms with Crippen LogP contribution in [-0.4, -0.2) is 25.9 Å². The van der Waals surface area contributed by atoms with Crippen molar-refractivity contribution in [3.05, 3.63) is 52.2 Å². The highest BCUT2D eigenvalue weighted by Crippen LogP contribution is 2.29. The molecule has 26 heavy (non-hydrogen) atoms. The van der Waals surface area contributed by atoms with Crippen LogP contribution in [-0.2, 0) is 13.5 Å². The molecule has 6 nitrogen and oxygen atoms in total. The summed E-state index contributed by atoms with van der Waals surface area (Å²) in [6, 6.07) is 8.22. The van der Waals surface area contributed by atoms with Crippen LogP contribution in [0.25, 0.3) is 11.0 Å². The van der Waals surface area contributed by atoms with Crippen LogP contribution in [0, 0.1) is 5.92 Å². The predicted octanol–water partition coefficient (Wildman–Crippen LogP) is 3.09. The van der Waals surface area contributed by atoms with Crippen molar-refractivity contribution >= 4 is 11.0 Å². The van der Waals surface area contributed by atoms with E-state index in [2.05, 4.69) is 5.10 Å². The Labute approximate surface area is 152 Å². The van der Waals surface area contributed by atoms with Crippen molar-refractivity contribution in [3.63, 3.8) is 0 Å². The van der Waals surface area contributed by atoms with E-state index in [0.29, 0.717) is 17.5 Å². The molecule has 0 amide bonds. The lowest BCUT2D eigenvalue weighted by molar-refractivity contribution is 0.299. The van der Waals surface area contributed by atoms with Crippen LogP contribution >= 0.6 is 0 Å². The van der Waals surface area contributed by atoms with E-state index in [1.54, 1.807) is 22.5 Å². The van der Waals surface area contributed by atoms with E-state index in [0.717, 1.165) is 29.7 Å². The van der Waals surface area contributed by atoms with E-state index >= 15 is 0 Å². The third-order valence-corrected chi connectivity index (χ3v) is 4.88. The minimum atomic E-state index is -0.0544. The van der Waals surface area contributed by atoms with Crippen LogP contribution < -0.4 is 10.3 Å². The molecule has 4 rings (SSSR count). The summed E-state index contributed by atoms with van der Waals surface area (Å²) in [4.78, 5) is 17.4. The highest BCUT2D eigenvalue weighted by molar-refractivity contribution is 5.73. The number of rotatable bonds is 6. The quantitative estimate of drug-likeness (QED) is 0.684. The monoisotopic (exact) mass is 352 g/mol. The molecule has 2 aromatic heterocycles. The molecular weight excluding hydrogens is 328 g/mol.